The molecule has 0 aromatic carbocycles. The van der Waals surface area contributed by atoms with Gasteiger partial charge in [-0.2, -0.15) is 0 Å². The quantitative estimate of drug-likeness (QED) is 0.167. The van der Waals surface area contributed by atoms with Gasteiger partial charge < -0.3 is 33.1 Å². The Kier molecular flexibility index (Phi) is 29.1. The predicted molar refractivity (Wildman–Crippen MR) is 108 cm³/mol. The summed E-state index contributed by atoms with van der Waals surface area (Å²) < 4.78 is 0. The van der Waals surface area contributed by atoms with Crippen LogP contribution in [0, 0.1) is 0 Å². The molecule has 0 aromatic rings. The van der Waals surface area contributed by atoms with E-state index in [9.17, 15) is 9.59 Å². The number of hydrogen-bond donors (Lipinski definition) is 6. The fourth-order valence-electron chi connectivity index (χ4n) is 1.26. The van der Waals surface area contributed by atoms with Gasteiger partial charge in [-0.05, 0) is 38.8 Å². The number of carbonyl (C=O) groups is 2. The smallest absolute Gasteiger partial charge is 0.320 e. The zero-order chi connectivity index (χ0) is 16.0. The third kappa shape index (κ3) is 22.5. The van der Waals surface area contributed by atoms with Crippen LogP contribution in [-0.2, 0) is 9.59 Å². The maximum absolute atomic E-state index is 10.1. The summed E-state index contributed by atoms with van der Waals surface area (Å²) in [4.78, 5) is 20.3. The van der Waals surface area contributed by atoms with Gasteiger partial charge >= 0.3 is 11.9 Å². The molecule has 0 saturated carbocycles. The molecule has 0 fully saturated rings. The van der Waals surface area contributed by atoms with E-state index >= 15 is 0 Å². The average Bonchev–Trinajstić information content (AvgIpc) is 2.39. The lowest BCUT2D eigenvalue weighted by Crippen LogP contribution is -2.29. The van der Waals surface area contributed by atoms with Crippen molar-refractivity contribution < 1.29 is 19.8 Å². The van der Waals surface area contributed by atoms with E-state index in [1.165, 1.54) is 0 Å². The maximum Gasteiger partial charge on any atom is 0.320 e. The van der Waals surface area contributed by atoms with Crippen LogP contribution in [-0.4, -0.2) is 47.3 Å². The van der Waals surface area contributed by atoms with E-state index in [1.54, 1.807) is 0 Å². The van der Waals surface area contributed by atoms with E-state index in [2.05, 4.69) is 0 Å². The van der Waals surface area contributed by atoms with Gasteiger partial charge in [0.25, 0.3) is 0 Å². The Morgan fingerprint density at radius 2 is 1.00 bits per heavy atom. The van der Waals surface area contributed by atoms with Gasteiger partial charge in [-0.25, -0.2) is 0 Å². The zero-order valence-corrected chi connectivity index (χ0v) is 17.3. The molecule has 0 saturated heterocycles. The lowest BCUT2D eigenvalue weighted by Gasteiger charge is -2.03. The lowest BCUT2D eigenvalue weighted by molar-refractivity contribution is -0.139. The zero-order valence-electron chi connectivity index (χ0n) is 12.6. The van der Waals surface area contributed by atoms with Crippen LogP contribution < -0.4 is 22.9 Å². The van der Waals surface area contributed by atoms with E-state index < -0.39 is 24.0 Å². The topological polar surface area (TPSA) is 179 Å². The predicted octanol–water partition coefficient (Wildman–Crippen LogP) is 0.291. The van der Waals surface area contributed by atoms with Gasteiger partial charge in [0, 0.05) is 0 Å². The molecular weight excluding hydrogens is 518 g/mol. The fourth-order valence-corrected chi connectivity index (χ4v) is 1.26. The highest BCUT2D eigenvalue weighted by molar-refractivity contribution is 14.0. The molecule has 8 nitrogen and oxygen atoms in total. The van der Waals surface area contributed by atoms with Gasteiger partial charge in [0.15, 0.2) is 0 Å². The molecule has 136 valence electrons. The van der Waals surface area contributed by atoms with Crippen molar-refractivity contribution in [1.29, 1.82) is 0 Å². The second kappa shape index (κ2) is 21.2. The molecule has 0 amide bonds. The molecule has 0 aliphatic heterocycles. The van der Waals surface area contributed by atoms with Crippen LogP contribution in [0.2, 0.25) is 0 Å². The van der Waals surface area contributed by atoms with Crippen molar-refractivity contribution in [2.45, 2.75) is 50.6 Å². The number of nitrogens with two attached hydrogens (primary N) is 4. The maximum atomic E-state index is 10.1. The Bertz CT molecular complexity index is 248. The van der Waals surface area contributed by atoms with Crippen LogP contribution in [0.1, 0.15) is 38.5 Å². The molecule has 0 rings (SSSR count). The summed E-state index contributed by atoms with van der Waals surface area (Å²) in [6.07, 6.45) is 4.33. The van der Waals surface area contributed by atoms with Crippen LogP contribution in [0.15, 0.2) is 0 Å². The minimum Gasteiger partial charge on any atom is -0.480 e. The van der Waals surface area contributed by atoms with E-state index in [0.29, 0.717) is 25.9 Å². The average molecular weight is 548 g/mol. The van der Waals surface area contributed by atoms with Gasteiger partial charge in [-0.15, -0.1) is 48.0 Å². The summed E-state index contributed by atoms with van der Waals surface area (Å²) in [5.41, 5.74) is 20.8. The van der Waals surface area contributed by atoms with Gasteiger partial charge in [0.1, 0.15) is 12.1 Å². The van der Waals surface area contributed by atoms with Gasteiger partial charge in [-0.1, -0.05) is 12.8 Å². The Morgan fingerprint density at radius 1 is 0.727 bits per heavy atom. The first-order valence-corrected chi connectivity index (χ1v) is 6.73. The van der Waals surface area contributed by atoms with Crippen molar-refractivity contribution in [3.63, 3.8) is 0 Å². The number of carboxylic acid groups (broad SMARTS) is 2. The number of carboxylic acids is 2. The van der Waals surface area contributed by atoms with Crippen molar-refractivity contribution >= 4 is 59.9 Å². The molecule has 10 N–H and O–H groups in total. The highest BCUT2D eigenvalue weighted by Gasteiger charge is 2.09. The minimum atomic E-state index is -0.933. The van der Waals surface area contributed by atoms with Crippen LogP contribution in [0.4, 0.5) is 0 Å². The lowest BCUT2D eigenvalue weighted by atomic mass is 10.1. The minimum absolute atomic E-state index is 0. The van der Waals surface area contributed by atoms with E-state index in [1.807, 2.05) is 0 Å². The molecule has 2 atom stereocenters. The van der Waals surface area contributed by atoms with E-state index in [0.717, 1.165) is 25.7 Å². The van der Waals surface area contributed by atoms with Crippen LogP contribution >= 0.6 is 48.0 Å². The van der Waals surface area contributed by atoms with Gasteiger partial charge in [0.2, 0.25) is 0 Å². The summed E-state index contributed by atoms with van der Waals surface area (Å²) in [5.74, 6) is -1.87. The molecule has 10 heteroatoms. The van der Waals surface area contributed by atoms with Crippen molar-refractivity contribution in [1.82, 2.24) is 0 Å². The Hall–Kier alpha value is 0.240. The second-order valence-corrected chi connectivity index (χ2v) is 4.46. The number of unbranched alkanes of at least 4 members (excludes halogenated alkanes) is 2. The highest BCUT2D eigenvalue weighted by Crippen LogP contribution is 1.97. The van der Waals surface area contributed by atoms with Crippen molar-refractivity contribution in [3.05, 3.63) is 0 Å². The molecule has 0 aliphatic carbocycles. The summed E-state index contributed by atoms with van der Waals surface area (Å²) in [6, 6.07) is -1.43. The van der Waals surface area contributed by atoms with Gasteiger partial charge in [0.05, 0.1) is 0 Å². The van der Waals surface area contributed by atoms with Crippen LogP contribution in [0.3, 0.4) is 0 Å². The summed E-state index contributed by atoms with van der Waals surface area (Å²) >= 11 is 0. The highest BCUT2D eigenvalue weighted by atomic mass is 127. The molecule has 0 radical (unpaired) electrons. The van der Waals surface area contributed by atoms with Crippen molar-refractivity contribution in [2.24, 2.45) is 22.9 Å². The third-order valence-electron chi connectivity index (χ3n) is 2.57. The number of aliphatic carboxylic acids is 2. The first-order chi connectivity index (χ1) is 9.36. The Morgan fingerprint density at radius 3 is 1.18 bits per heavy atom. The molecule has 0 aliphatic rings. The molecule has 22 heavy (non-hydrogen) atoms. The fraction of sp³-hybridized carbons (Fsp3) is 0.833. The van der Waals surface area contributed by atoms with Crippen LogP contribution in [0.25, 0.3) is 0 Å². The summed E-state index contributed by atoms with van der Waals surface area (Å²) in [5, 5.41) is 16.7. The normalized spacial score (nSPS) is 11.8. The van der Waals surface area contributed by atoms with Crippen molar-refractivity contribution in [2.75, 3.05) is 13.1 Å². The second-order valence-electron chi connectivity index (χ2n) is 4.46. The molecule has 0 bridgehead atoms. The molecule has 2 unspecified atom stereocenters. The first kappa shape index (κ1) is 30.2. The summed E-state index contributed by atoms with van der Waals surface area (Å²) in [7, 11) is 0. The number of hydrogen-bond acceptors (Lipinski definition) is 6. The monoisotopic (exact) mass is 548 g/mol. The van der Waals surface area contributed by atoms with E-state index in [4.69, 9.17) is 33.1 Å². The van der Waals surface area contributed by atoms with E-state index in [-0.39, 0.29) is 48.0 Å². The molecule has 0 aromatic heterocycles. The first-order valence-electron chi connectivity index (χ1n) is 6.73. The molecule has 0 spiro atoms. The SMILES string of the molecule is I.I.NCCCCC(N)C(=O)O.NCCCCC(N)C(=O)O. The standard InChI is InChI=1S/2C6H14N2O2.2HI/c2*7-4-2-1-3-5(8)6(9)10;;/h2*5H,1-4,7-8H2,(H,9,10);2*1H. The molecular formula is C12H30I2N4O4. The Labute approximate surface area is 165 Å². The van der Waals surface area contributed by atoms with Crippen molar-refractivity contribution in [3.8, 4) is 0 Å². The third-order valence-corrected chi connectivity index (χ3v) is 2.57. The van der Waals surface area contributed by atoms with Crippen LogP contribution in [0.5, 0.6) is 0 Å². The number of rotatable bonds is 10. The number of halogens is 2. The largest absolute Gasteiger partial charge is 0.480 e. The Balaban J connectivity index is -0.000000135. The van der Waals surface area contributed by atoms with Gasteiger partial charge in [-0.3, -0.25) is 9.59 Å². The summed E-state index contributed by atoms with van der Waals surface area (Å²) in [6.45, 7) is 1.21. The molecule has 0 heterocycles.